The number of amides is 1. The van der Waals surface area contributed by atoms with Gasteiger partial charge in [0.05, 0.1) is 19.2 Å². The Hall–Kier alpha value is -2.23. The Morgan fingerprint density at radius 2 is 1.95 bits per heavy atom. The van der Waals surface area contributed by atoms with Crippen molar-refractivity contribution in [1.82, 2.24) is 5.32 Å². The SMILES string of the molecule is COc1cccc(C2=C(OS(=O)(=O)C(F)(F)F)CNC2=O)c1. The summed E-state index contributed by atoms with van der Waals surface area (Å²) in [4.78, 5) is 11.8. The first-order valence-electron chi connectivity index (χ1n) is 5.82. The molecule has 0 spiro atoms. The standard InChI is InChI=1S/C12H10F3NO5S/c1-20-8-4-2-3-7(5-8)10-9(6-16-11(10)17)21-22(18,19)12(13,14)15/h2-5H,6H2,1H3,(H,16,17). The van der Waals surface area contributed by atoms with E-state index in [0.717, 1.165) is 0 Å². The van der Waals surface area contributed by atoms with Crippen molar-refractivity contribution in [2.75, 3.05) is 13.7 Å². The number of rotatable bonds is 4. The number of alkyl halides is 3. The van der Waals surface area contributed by atoms with Crippen molar-refractivity contribution < 1.29 is 35.3 Å². The van der Waals surface area contributed by atoms with Gasteiger partial charge in [-0.25, -0.2) is 0 Å². The molecule has 1 aliphatic heterocycles. The third-order valence-electron chi connectivity index (χ3n) is 2.77. The molecule has 0 unspecified atom stereocenters. The molecule has 6 nitrogen and oxygen atoms in total. The van der Waals surface area contributed by atoms with Crippen LogP contribution in [0.3, 0.4) is 0 Å². The van der Waals surface area contributed by atoms with Crippen LogP contribution in [0.25, 0.3) is 5.57 Å². The summed E-state index contributed by atoms with van der Waals surface area (Å²) in [6, 6.07) is 5.86. The van der Waals surface area contributed by atoms with Crippen molar-refractivity contribution in [3.05, 3.63) is 35.6 Å². The van der Waals surface area contributed by atoms with Crippen LogP contribution < -0.4 is 10.1 Å². The molecule has 22 heavy (non-hydrogen) atoms. The lowest BCUT2D eigenvalue weighted by atomic mass is 10.1. The van der Waals surface area contributed by atoms with Gasteiger partial charge in [-0.2, -0.15) is 21.6 Å². The third-order valence-corrected chi connectivity index (χ3v) is 3.76. The van der Waals surface area contributed by atoms with Crippen molar-refractivity contribution in [2.45, 2.75) is 5.51 Å². The molecule has 0 aromatic heterocycles. The van der Waals surface area contributed by atoms with E-state index in [4.69, 9.17) is 4.74 Å². The maximum Gasteiger partial charge on any atom is 0.534 e. The molecule has 0 aliphatic carbocycles. The number of halogens is 3. The molecule has 2 rings (SSSR count). The first kappa shape index (κ1) is 16.1. The fraction of sp³-hybridized carbons (Fsp3) is 0.250. The van der Waals surface area contributed by atoms with E-state index in [1.54, 1.807) is 6.07 Å². The molecule has 0 bridgehead atoms. The molecule has 0 atom stereocenters. The number of carbonyl (C=O) groups is 1. The van der Waals surface area contributed by atoms with E-state index in [1.165, 1.54) is 25.3 Å². The highest BCUT2D eigenvalue weighted by atomic mass is 32.2. The highest BCUT2D eigenvalue weighted by Crippen LogP contribution is 2.32. The molecule has 1 aromatic rings. The molecule has 1 heterocycles. The molecular formula is C12H10F3NO5S. The van der Waals surface area contributed by atoms with Gasteiger partial charge in [0.25, 0.3) is 5.91 Å². The van der Waals surface area contributed by atoms with Gasteiger partial charge in [-0.15, -0.1) is 0 Å². The molecule has 1 aromatic carbocycles. The van der Waals surface area contributed by atoms with Crippen LogP contribution in [0.5, 0.6) is 5.75 Å². The molecule has 120 valence electrons. The van der Waals surface area contributed by atoms with E-state index in [1.807, 2.05) is 0 Å². The maximum atomic E-state index is 12.4. The van der Waals surface area contributed by atoms with E-state index in [2.05, 4.69) is 9.50 Å². The number of carbonyl (C=O) groups excluding carboxylic acids is 1. The lowest BCUT2D eigenvalue weighted by Crippen LogP contribution is -2.26. The fourth-order valence-corrected chi connectivity index (χ4v) is 2.29. The highest BCUT2D eigenvalue weighted by Gasteiger charge is 2.49. The average molecular weight is 337 g/mol. The van der Waals surface area contributed by atoms with Gasteiger partial charge in [-0.05, 0) is 17.7 Å². The Kier molecular flexibility index (Phi) is 4.05. The Morgan fingerprint density at radius 3 is 2.55 bits per heavy atom. The minimum absolute atomic E-state index is 0.182. The van der Waals surface area contributed by atoms with Crippen LogP contribution in [0.15, 0.2) is 30.0 Å². The van der Waals surface area contributed by atoms with Crippen LogP contribution in [0.2, 0.25) is 0 Å². The Balaban J connectivity index is 2.47. The molecule has 0 saturated heterocycles. The minimum atomic E-state index is -5.84. The van der Waals surface area contributed by atoms with Gasteiger partial charge in [0.15, 0.2) is 5.76 Å². The number of ether oxygens (including phenoxy) is 1. The summed E-state index contributed by atoms with van der Waals surface area (Å²) in [5, 5.41) is 2.22. The Bertz CT molecular complexity index is 739. The molecule has 0 fully saturated rings. The zero-order chi connectivity index (χ0) is 16.5. The summed E-state index contributed by atoms with van der Waals surface area (Å²) < 4.78 is 68.3. The van der Waals surface area contributed by atoms with Gasteiger partial charge in [0.1, 0.15) is 5.75 Å². The van der Waals surface area contributed by atoms with Crippen LogP contribution in [-0.4, -0.2) is 33.5 Å². The van der Waals surface area contributed by atoms with Crippen molar-refractivity contribution >= 4 is 21.6 Å². The smallest absolute Gasteiger partial charge is 0.497 e. The number of nitrogens with one attached hydrogen (secondary N) is 1. The second kappa shape index (κ2) is 5.52. The summed E-state index contributed by atoms with van der Waals surface area (Å²) in [7, 11) is -4.47. The van der Waals surface area contributed by atoms with E-state index in [9.17, 15) is 26.4 Å². The molecule has 1 aliphatic rings. The predicted molar refractivity (Wildman–Crippen MR) is 69.0 cm³/mol. The van der Waals surface area contributed by atoms with Gasteiger partial charge in [-0.1, -0.05) is 12.1 Å². The van der Waals surface area contributed by atoms with Gasteiger partial charge in [0, 0.05) is 0 Å². The lowest BCUT2D eigenvalue weighted by Gasteiger charge is -2.11. The van der Waals surface area contributed by atoms with Crippen molar-refractivity contribution in [3.63, 3.8) is 0 Å². The molecule has 0 radical (unpaired) electrons. The maximum absolute atomic E-state index is 12.4. The summed E-state index contributed by atoms with van der Waals surface area (Å²) in [5.74, 6) is -1.00. The molecular weight excluding hydrogens is 327 g/mol. The van der Waals surface area contributed by atoms with Crippen LogP contribution in [0.4, 0.5) is 13.2 Å². The fourth-order valence-electron chi connectivity index (χ4n) is 1.79. The Labute approximate surface area is 123 Å². The lowest BCUT2D eigenvalue weighted by molar-refractivity contribution is -0.114. The Morgan fingerprint density at radius 1 is 1.27 bits per heavy atom. The number of benzene rings is 1. The zero-order valence-corrected chi connectivity index (χ0v) is 11.9. The summed E-state index contributed by atoms with van der Waals surface area (Å²) in [5.41, 5.74) is -5.68. The number of methoxy groups -OCH3 is 1. The van der Waals surface area contributed by atoms with Crippen LogP contribution in [-0.2, 0) is 19.1 Å². The number of hydrogen-bond acceptors (Lipinski definition) is 5. The zero-order valence-electron chi connectivity index (χ0n) is 11.1. The predicted octanol–water partition coefficient (Wildman–Crippen LogP) is 1.40. The molecule has 1 N–H and O–H groups in total. The molecule has 1 amide bonds. The first-order chi connectivity index (χ1) is 10.2. The first-order valence-corrected chi connectivity index (χ1v) is 7.23. The summed E-state index contributed by atoms with van der Waals surface area (Å²) in [6.07, 6.45) is 0. The van der Waals surface area contributed by atoms with Crippen molar-refractivity contribution in [2.24, 2.45) is 0 Å². The topological polar surface area (TPSA) is 81.7 Å². The van der Waals surface area contributed by atoms with Gasteiger partial charge >= 0.3 is 15.6 Å². The van der Waals surface area contributed by atoms with Gasteiger partial charge < -0.3 is 14.2 Å². The summed E-state index contributed by atoms with van der Waals surface area (Å²) in [6.45, 7) is -0.458. The second-order valence-electron chi connectivity index (χ2n) is 4.20. The quantitative estimate of drug-likeness (QED) is 0.663. The molecule has 10 heteroatoms. The van der Waals surface area contributed by atoms with Crippen LogP contribution in [0, 0.1) is 0 Å². The largest absolute Gasteiger partial charge is 0.534 e. The van der Waals surface area contributed by atoms with E-state index < -0.39 is 33.8 Å². The van der Waals surface area contributed by atoms with E-state index >= 15 is 0 Å². The second-order valence-corrected chi connectivity index (χ2v) is 5.73. The summed E-state index contributed by atoms with van der Waals surface area (Å²) >= 11 is 0. The molecule has 0 saturated carbocycles. The van der Waals surface area contributed by atoms with Gasteiger partial charge in [0.2, 0.25) is 0 Å². The monoisotopic (exact) mass is 337 g/mol. The third kappa shape index (κ3) is 3.01. The van der Waals surface area contributed by atoms with E-state index in [-0.39, 0.29) is 11.1 Å². The van der Waals surface area contributed by atoms with Crippen molar-refractivity contribution in [3.8, 4) is 5.75 Å². The minimum Gasteiger partial charge on any atom is -0.497 e. The van der Waals surface area contributed by atoms with Gasteiger partial charge in [-0.3, -0.25) is 4.79 Å². The number of hydrogen-bond donors (Lipinski definition) is 1. The highest BCUT2D eigenvalue weighted by molar-refractivity contribution is 7.87. The van der Waals surface area contributed by atoms with Crippen LogP contribution in [0.1, 0.15) is 5.56 Å². The van der Waals surface area contributed by atoms with E-state index in [0.29, 0.717) is 5.75 Å². The van der Waals surface area contributed by atoms with Crippen molar-refractivity contribution in [1.29, 1.82) is 0 Å². The average Bonchev–Trinajstić information content (AvgIpc) is 2.78. The van der Waals surface area contributed by atoms with Crippen LogP contribution >= 0.6 is 0 Å². The normalized spacial score (nSPS) is 15.7.